The van der Waals surface area contributed by atoms with E-state index in [9.17, 15) is 14.7 Å². The fraction of sp³-hybridized carbons (Fsp3) is 0.368. The summed E-state index contributed by atoms with van der Waals surface area (Å²) in [6.45, 7) is 8.80. The largest absolute Gasteiger partial charge is 0.497 e. The number of methoxy groups -OCH3 is 1. The van der Waals surface area contributed by atoms with E-state index in [2.05, 4.69) is 25.7 Å². The smallest absolute Gasteiger partial charge is 0.407 e. The molecule has 10 heteroatoms. The molecule has 2 atom stereocenters. The fourth-order valence-electron chi connectivity index (χ4n) is 5.79. The number of amides is 1. The van der Waals surface area contributed by atoms with Gasteiger partial charge in [0.1, 0.15) is 18.1 Å². The second-order valence-electron chi connectivity index (χ2n) is 13.3. The minimum atomic E-state index is -1.22. The molecule has 5 rings (SSSR count). The van der Waals surface area contributed by atoms with E-state index in [1.165, 1.54) is 4.90 Å². The molecule has 0 aromatic heterocycles. The summed E-state index contributed by atoms with van der Waals surface area (Å²) >= 11 is 0. The third-order valence-electron chi connectivity index (χ3n) is 8.61. The summed E-state index contributed by atoms with van der Waals surface area (Å²) in [5, 5.41) is 11.8. The summed E-state index contributed by atoms with van der Waals surface area (Å²) in [4.78, 5) is 25.9. The van der Waals surface area contributed by atoms with Gasteiger partial charge >= 0.3 is 12.1 Å². The van der Waals surface area contributed by atoms with Crippen molar-refractivity contribution in [3.8, 4) is 11.5 Å². The standard InChI is InChI=1S/C38H45NO8Si/c1-43-32-10-7-9-30(22-32)37(40)46-24-27-12-14-29(15-13-27)33-18-19-39(38(41)42)23-35(33)45-25-31-17-16-28-8-5-6-11-34(28)36(31)47-26-44-20-21-48(2,3)4/h5-17,22,33,35H,18-21,23-26H2,1-4H3,(H,41,42). The molecule has 2 unspecified atom stereocenters. The Bertz CT molecular complexity index is 1690. The minimum absolute atomic E-state index is 0.0243. The number of carbonyl (C=O) groups excluding carboxylic acids is 1. The lowest BCUT2D eigenvalue weighted by Gasteiger charge is -2.37. The number of carboxylic acid groups (broad SMARTS) is 1. The summed E-state index contributed by atoms with van der Waals surface area (Å²) in [5.74, 6) is 0.855. The molecule has 0 spiro atoms. The Balaban J connectivity index is 1.27. The predicted octanol–water partition coefficient (Wildman–Crippen LogP) is 7.95. The molecule has 1 saturated heterocycles. The molecule has 254 valence electrons. The van der Waals surface area contributed by atoms with Crippen molar-refractivity contribution in [2.75, 3.05) is 33.6 Å². The van der Waals surface area contributed by atoms with Crippen LogP contribution in [0.5, 0.6) is 11.5 Å². The number of esters is 1. The predicted molar refractivity (Wildman–Crippen MR) is 188 cm³/mol. The quantitative estimate of drug-likeness (QED) is 0.0624. The normalized spacial score (nSPS) is 16.5. The van der Waals surface area contributed by atoms with Gasteiger partial charge in [-0.2, -0.15) is 0 Å². The zero-order valence-electron chi connectivity index (χ0n) is 28.1. The molecule has 0 radical (unpaired) electrons. The van der Waals surface area contributed by atoms with Crippen LogP contribution in [-0.2, 0) is 27.4 Å². The van der Waals surface area contributed by atoms with E-state index in [4.69, 9.17) is 23.7 Å². The average molecular weight is 672 g/mol. The van der Waals surface area contributed by atoms with E-state index in [1.807, 2.05) is 54.6 Å². The summed E-state index contributed by atoms with van der Waals surface area (Å²) in [7, 11) is 0.332. The Morgan fingerprint density at radius 3 is 2.48 bits per heavy atom. The lowest BCUT2D eigenvalue weighted by atomic mass is 9.86. The number of ether oxygens (including phenoxy) is 5. The number of carbonyl (C=O) groups is 2. The molecule has 1 aliphatic heterocycles. The summed E-state index contributed by atoms with van der Waals surface area (Å²) < 4.78 is 29.4. The molecule has 1 fully saturated rings. The van der Waals surface area contributed by atoms with Crippen LogP contribution in [0.3, 0.4) is 0 Å². The van der Waals surface area contributed by atoms with Gasteiger partial charge in [0.2, 0.25) is 0 Å². The van der Waals surface area contributed by atoms with Crippen molar-refractivity contribution in [2.24, 2.45) is 0 Å². The zero-order chi connectivity index (χ0) is 34.1. The Labute approximate surface area is 283 Å². The highest BCUT2D eigenvalue weighted by molar-refractivity contribution is 6.76. The van der Waals surface area contributed by atoms with Crippen LogP contribution in [0.1, 0.15) is 39.4 Å². The van der Waals surface area contributed by atoms with Crippen LogP contribution < -0.4 is 9.47 Å². The van der Waals surface area contributed by atoms with Gasteiger partial charge in [0.25, 0.3) is 0 Å². The van der Waals surface area contributed by atoms with Gasteiger partial charge in [-0.1, -0.05) is 86.4 Å². The first-order chi connectivity index (χ1) is 23.1. The first-order valence-electron chi connectivity index (χ1n) is 16.3. The second-order valence-corrected chi connectivity index (χ2v) is 18.9. The lowest BCUT2D eigenvalue weighted by Crippen LogP contribution is -2.46. The minimum Gasteiger partial charge on any atom is -0.497 e. The first kappa shape index (κ1) is 34.9. The van der Waals surface area contributed by atoms with Crippen LogP contribution in [0.2, 0.25) is 25.7 Å². The van der Waals surface area contributed by atoms with Gasteiger partial charge < -0.3 is 33.7 Å². The highest BCUT2D eigenvalue weighted by Gasteiger charge is 2.33. The Hall–Kier alpha value is -4.38. The summed E-state index contributed by atoms with van der Waals surface area (Å²) in [6, 6.07) is 27.9. The van der Waals surface area contributed by atoms with E-state index in [0.717, 1.165) is 39.3 Å². The SMILES string of the molecule is COc1cccc(C(=O)OCc2ccc(C3CCN(C(=O)O)CC3OCc3ccc4ccccc4c3OCOCC[Si](C)(C)C)cc2)c1. The Kier molecular flexibility index (Phi) is 11.8. The number of rotatable bonds is 14. The number of piperidine rings is 1. The monoisotopic (exact) mass is 671 g/mol. The molecule has 0 bridgehead atoms. The molecule has 4 aromatic rings. The van der Waals surface area contributed by atoms with E-state index in [1.54, 1.807) is 31.4 Å². The van der Waals surface area contributed by atoms with Crippen LogP contribution in [0.4, 0.5) is 4.79 Å². The molecule has 4 aromatic carbocycles. The van der Waals surface area contributed by atoms with Crippen molar-refractivity contribution in [1.29, 1.82) is 0 Å². The van der Waals surface area contributed by atoms with Gasteiger partial charge in [0.05, 0.1) is 31.9 Å². The van der Waals surface area contributed by atoms with Gasteiger partial charge in [-0.25, -0.2) is 9.59 Å². The molecular formula is C38H45NO8Si. The van der Waals surface area contributed by atoms with Crippen LogP contribution in [0.15, 0.2) is 84.9 Å². The van der Waals surface area contributed by atoms with Gasteiger partial charge in [-0.05, 0) is 47.2 Å². The van der Waals surface area contributed by atoms with E-state index in [-0.39, 0.29) is 38.6 Å². The third kappa shape index (κ3) is 9.37. The van der Waals surface area contributed by atoms with Crippen LogP contribution in [-0.4, -0.2) is 69.8 Å². The molecule has 0 saturated carbocycles. The van der Waals surface area contributed by atoms with Crippen LogP contribution in [0, 0.1) is 0 Å². The molecule has 1 aliphatic rings. The second kappa shape index (κ2) is 16.1. The van der Waals surface area contributed by atoms with Crippen molar-refractivity contribution in [2.45, 2.75) is 57.3 Å². The average Bonchev–Trinajstić information content (AvgIpc) is 3.09. The molecule has 0 aliphatic carbocycles. The highest BCUT2D eigenvalue weighted by atomic mass is 28.3. The van der Waals surface area contributed by atoms with Gasteiger partial charge in [-0.3, -0.25) is 0 Å². The fourth-order valence-corrected chi connectivity index (χ4v) is 6.55. The van der Waals surface area contributed by atoms with Gasteiger partial charge in [0, 0.05) is 38.1 Å². The highest BCUT2D eigenvalue weighted by Crippen LogP contribution is 2.35. The maximum atomic E-state index is 12.6. The van der Waals surface area contributed by atoms with Crippen LogP contribution >= 0.6 is 0 Å². The maximum Gasteiger partial charge on any atom is 0.407 e. The van der Waals surface area contributed by atoms with Crippen molar-refractivity contribution < 1.29 is 38.4 Å². The van der Waals surface area contributed by atoms with Crippen LogP contribution in [0.25, 0.3) is 10.8 Å². The number of hydrogen-bond acceptors (Lipinski definition) is 7. The van der Waals surface area contributed by atoms with Gasteiger partial charge in [0.15, 0.2) is 6.79 Å². The Morgan fingerprint density at radius 1 is 0.938 bits per heavy atom. The zero-order valence-corrected chi connectivity index (χ0v) is 29.1. The third-order valence-corrected chi connectivity index (χ3v) is 10.3. The molecule has 1 N–H and O–H groups in total. The van der Waals surface area contributed by atoms with Crippen molar-refractivity contribution in [3.05, 3.63) is 107 Å². The number of fused-ring (bicyclic) bond motifs is 1. The number of likely N-dealkylation sites (tertiary alicyclic amines) is 1. The molecule has 9 nitrogen and oxygen atoms in total. The van der Waals surface area contributed by atoms with E-state index >= 15 is 0 Å². The van der Waals surface area contributed by atoms with Gasteiger partial charge in [-0.15, -0.1) is 0 Å². The first-order valence-corrected chi connectivity index (χ1v) is 20.0. The van der Waals surface area contributed by atoms with E-state index < -0.39 is 20.1 Å². The number of nitrogens with zero attached hydrogens (tertiary/aromatic N) is 1. The summed E-state index contributed by atoms with van der Waals surface area (Å²) in [6.07, 6.45) is -0.716. The molecule has 48 heavy (non-hydrogen) atoms. The summed E-state index contributed by atoms with van der Waals surface area (Å²) in [5.41, 5.74) is 3.19. The van der Waals surface area contributed by atoms with E-state index in [0.29, 0.717) is 30.9 Å². The lowest BCUT2D eigenvalue weighted by molar-refractivity contribution is -0.0223. The van der Waals surface area contributed by atoms with Crippen molar-refractivity contribution in [3.63, 3.8) is 0 Å². The molecular weight excluding hydrogens is 627 g/mol. The number of benzene rings is 4. The number of hydrogen-bond donors (Lipinski definition) is 1. The maximum absolute atomic E-state index is 12.6. The Morgan fingerprint density at radius 2 is 1.73 bits per heavy atom. The van der Waals surface area contributed by atoms with Crippen molar-refractivity contribution >= 4 is 30.9 Å². The molecule has 1 heterocycles. The molecule has 1 amide bonds. The van der Waals surface area contributed by atoms with Crippen molar-refractivity contribution in [1.82, 2.24) is 4.90 Å². The topological polar surface area (TPSA) is 104 Å².